The molecule has 1 saturated heterocycles. The number of amides is 1. The van der Waals surface area contributed by atoms with Gasteiger partial charge < -0.3 is 19.1 Å². The van der Waals surface area contributed by atoms with E-state index in [4.69, 9.17) is 19.2 Å². The van der Waals surface area contributed by atoms with Crippen LogP contribution in [0.5, 0.6) is 11.5 Å². The van der Waals surface area contributed by atoms with E-state index >= 15 is 0 Å². The van der Waals surface area contributed by atoms with Gasteiger partial charge in [-0.2, -0.15) is 9.78 Å². The first-order valence-corrected chi connectivity index (χ1v) is 14.7. The summed E-state index contributed by atoms with van der Waals surface area (Å²) in [6.45, 7) is 2.07. The van der Waals surface area contributed by atoms with Crippen molar-refractivity contribution in [3.63, 3.8) is 0 Å². The van der Waals surface area contributed by atoms with Crippen LogP contribution in [-0.4, -0.2) is 66.7 Å². The van der Waals surface area contributed by atoms with Crippen molar-refractivity contribution in [2.45, 2.75) is 38.0 Å². The van der Waals surface area contributed by atoms with Crippen LogP contribution in [0.3, 0.4) is 0 Å². The number of methoxy groups -OCH3 is 1. The fraction of sp³-hybridized carbons (Fsp3) is 0.429. The first-order chi connectivity index (χ1) is 18.9. The van der Waals surface area contributed by atoms with Gasteiger partial charge in [-0.3, -0.25) is 9.59 Å². The third-order valence-corrected chi connectivity index (χ3v) is 8.29. The molecule has 0 N–H and O–H groups in total. The van der Waals surface area contributed by atoms with Crippen molar-refractivity contribution in [1.29, 1.82) is 0 Å². The maximum absolute atomic E-state index is 13.6. The summed E-state index contributed by atoms with van der Waals surface area (Å²) in [7, 11) is 1.54. The minimum Gasteiger partial charge on any atom is -0.493 e. The quantitative estimate of drug-likeness (QED) is 0.327. The number of nitrogens with zero attached hydrogens (tertiary/aromatic N) is 4. The van der Waals surface area contributed by atoms with E-state index in [1.165, 1.54) is 18.2 Å². The first-order valence-electron chi connectivity index (χ1n) is 13.1. The standard InChI is InChI=1S/C28H30Br2N4O5/c1-37-24-13-19(22(30)15-25(24)39-17-26(35)33-9-11-38-12-10-33)16-31-34-27(18-5-3-2-4-6-18)32-23-8-7-20(29)14-21(23)28(34)36/h7-8,13-16,18H,2-6,9-12,17H2,1H3. The second-order valence-corrected chi connectivity index (χ2v) is 11.4. The summed E-state index contributed by atoms with van der Waals surface area (Å²) in [5.41, 5.74) is 1.16. The van der Waals surface area contributed by atoms with Gasteiger partial charge in [-0.05, 0) is 59.1 Å². The SMILES string of the molecule is COc1cc(C=Nn2c(C3CCCCC3)nc3ccc(Br)cc3c2=O)c(Br)cc1OCC(=O)N1CCOCC1. The first kappa shape index (κ1) is 27.8. The second kappa shape index (κ2) is 12.6. The Balaban J connectivity index is 1.44. The maximum Gasteiger partial charge on any atom is 0.282 e. The van der Waals surface area contributed by atoms with Crippen LogP contribution >= 0.6 is 31.9 Å². The number of fused-ring (bicyclic) bond motifs is 1. The zero-order chi connectivity index (χ0) is 27.4. The average molecular weight is 662 g/mol. The molecule has 1 saturated carbocycles. The summed E-state index contributed by atoms with van der Waals surface area (Å²) >= 11 is 7.05. The van der Waals surface area contributed by atoms with Gasteiger partial charge >= 0.3 is 0 Å². The normalized spacial score (nSPS) is 16.6. The highest BCUT2D eigenvalue weighted by atomic mass is 79.9. The highest BCUT2D eigenvalue weighted by Gasteiger charge is 2.23. The summed E-state index contributed by atoms with van der Waals surface area (Å²) < 4.78 is 19.6. The molecule has 206 valence electrons. The molecule has 2 aromatic carbocycles. The van der Waals surface area contributed by atoms with Crippen molar-refractivity contribution in [2.75, 3.05) is 40.0 Å². The third-order valence-electron chi connectivity index (χ3n) is 7.11. The lowest BCUT2D eigenvalue weighted by Crippen LogP contribution is -2.43. The van der Waals surface area contributed by atoms with E-state index in [0.29, 0.717) is 64.6 Å². The molecule has 3 aromatic rings. The zero-order valence-corrected chi connectivity index (χ0v) is 24.9. The van der Waals surface area contributed by atoms with Crippen molar-refractivity contribution in [2.24, 2.45) is 5.10 Å². The predicted octanol–water partition coefficient (Wildman–Crippen LogP) is 5.10. The maximum atomic E-state index is 13.6. The molecule has 0 spiro atoms. The van der Waals surface area contributed by atoms with Crippen LogP contribution < -0.4 is 15.0 Å². The molecule has 11 heteroatoms. The highest BCUT2D eigenvalue weighted by molar-refractivity contribution is 9.10. The van der Waals surface area contributed by atoms with Gasteiger partial charge in [-0.1, -0.05) is 35.2 Å². The van der Waals surface area contributed by atoms with E-state index in [-0.39, 0.29) is 24.0 Å². The number of benzene rings is 2. The summed E-state index contributed by atoms with van der Waals surface area (Å²) in [5.74, 6) is 1.65. The topological polar surface area (TPSA) is 95.2 Å². The minimum absolute atomic E-state index is 0.102. The molecule has 2 fully saturated rings. The molecule has 0 unspecified atom stereocenters. The lowest BCUT2D eigenvalue weighted by atomic mass is 9.88. The lowest BCUT2D eigenvalue weighted by molar-refractivity contribution is -0.137. The molecule has 0 bridgehead atoms. The Kier molecular flexibility index (Phi) is 8.99. The highest BCUT2D eigenvalue weighted by Crippen LogP contribution is 2.34. The molecule has 1 aliphatic carbocycles. The molecule has 1 amide bonds. The number of aromatic nitrogens is 2. The van der Waals surface area contributed by atoms with E-state index in [9.17, 15) is 9.59 Å². The largest absolute Gasteiger partial charge is 0.493 e. The van der Waals surface area contributed by atoms with E-state index in [2.05, 4.69) is 37.0 Å². The van der Waals surface area contributed by atoms with Crippen molar-refractivity contribution < 1.29 is 19.0 Å². The Labute approximate surface area is 243 Å². The van der Waals surface area contributed by atoms with Crippen LogP contribution in [0.25, 0.3) is 10.9 Å². The van der Waals surface area contributed by atoms with Crippen LogP contribution in [0, 0.1) is 0 Å². The van der Waals surface area contributed by atoms with Crippen LogP contribution in [0.15, 0.2) is 49.2 Å². The van der Waals surface area contributed by atoms with E-state index in [0.717, 1.165) is 30.2 Å². The van der Waals surface area contributed by atoms with E-state index in [1.54, 1.807) is 29.3 Å². The number of hydrogen-bond donors (Lipinski definition) is 0. The summed E-state index contributed by atoms with van der Waals surface area (Å²) in [5, 5.41) is 5.14. The molecule has 39 heavy (non-hydrogen) atoms. The summed E-state index contributed by atoms with van der Waals surface area (Å²) in [6.07, 6.45) is 7.01. The monoisotopic (exact) mass is 660 g/mol. The fourth-order valence-electron chi connectivity index (χ4n) is 4.99. The van der Waals surface area contributed by atoms with Gasteiger partial charge in [-0.15, -0.1) is 0 Å². The fourth-order valence-corrected chi connectivity index (χ4v) is 5.77. The van der Waals surface area contributed by atoms with Crippen molar-refractivity contribution in [3.05, 3.63) is 61.0 Å². The Morgan fingerprint density at radius 2 is 1.90 bits per heavy atom. The number of ether oxygens (including phenoxy) is 3. The minimum atomic E-state index is -0.206. The van der Waals surface area contributed by atoms with Crippen molar-refractivity contribution >= 4 is 54.9 Å². The lowest BCUT2D eigenvalue weighted by Gasteiger charge is -2.26. The Morgan fingerprint density at radius 1 is 1.13 bits per heavy atom. The predicted molar refractivity (Wildman–Crippen MR) is 156 cm³/mol. The Morgan fingerprint density at radius 3 is 2.64 bits per heavy atom. The van der Waals surface area contributed by atoms with Crippen LogP contribution in [0.4, 0.5) is 0 Å². The van der Waals surface area contributed by atoms with E-state index < -0.39 is 0 Å². The molecule has 5 rings (SSSR count). The average Bonchev–Trinajstić information content (AvgIpc) is 2.97. The van der Waals surface area contributed by atoms with Gasteiger partial charge in [0.2, 0.25) is 0 Å². The number of hydrogen-bond acceptors (Lipinski definition) is 7. The molecule has 2 heterocycles. The van der Waals surface area contributed by atoms with Gasteiger partial charge in [0.1, 0.15) is 5.82 Å². The van der Waals surface area contributed by atoms with Gasteiger partial charge in [0.15, 0.2) is 18.1 Å². The number of carbonyl (C=O) groups is 1. The number of carbonyl (C=O) groups excluding carboxylic acids is 1. The molecular formula is C28H30Br2N4O5. The zero-order valence-electron chi connectivity index (χ0n) is 21.7. The van der Waals surface area contributed by atoms with E-state index in [1.807, 2.05) is 12.1 Å². The van der Waals surface area contributed by atoms with Gasteiger partial charge in [0, 0.05) is 33.5 Å². The Bertz CT molecular complexity index is 1450. The number of rotatable bonds is 7. The number of morpholine rings is 1. The molecule has 1 aromatic heterocycles. The second-order valence-electron chi connectivity index (χ2n) is 9.63. The van der Waals surface area contributed by atoms with Crippen LogP contribution in [-0.2, 0) is 9.53 Å². The molecule has 1 aliphatic heterocycles. The molecular weight excluding hydrogens is 632 g/mol. The third kappa shape index (κ3) is 6.36. The smallest absolute Gasteiger partial charge is 0.282 e. The van der Waals surface area contributed by atoms with Crippen molar-refractivity contribution in [1.82, 2.24) is 14.6 Å². The summed E-state index contributed by atoms with van der Waals surface area (Å²) in [4.78, 5) is 32.7. The van der Waals surface area contributed by atoms with Crippen LogP contribution in [0.2, 0.25) is 0 Å². The number of halogens is 2. The van der Waals surface area contributed by atoms with Gasteiger partial charge in [-0.25, -0.2) is 4.98 Å². The van der Waals surface area contributed by atoms with Crippen molar-refractivity contribution in [3.8, 4) is 11.5 Å². The molecule has 0 atom stereocenters. The molecule has 9 nitrogen and oxygen atoms in total. The molecule has 2 aliphatic rings. The summed E-state index contributed by atoms with van der Waals surface area (Å²) in [6, 6.07) is 9.05. The Hall–Kier alpha value is -2.76. The van der Waals surface area contributed by atoms with Crippen LogP contribution in [0.1, 0.15) is 49.4 Å². The van der Waals surface area contributed by atoms with Gasteiger partial charge in [0.05, 0.1) is 37.4 Å². The van der Waals surface area contributed by atoms with Gasteiger partial charge in [0.25, 0.3) is 11.5 Å². The molecule has 0 radical (unpaired) electrons.